The molecule has 23 heavy (non-hydrogen) atoms. The number of nitrogens with one attached hydrogen (secondary N) is 2. The van der Waals surface area contributed by atoms with Gasteiger partial charge in [-0.05, 0) is 31.5 Å². The third-order valence-electron chi connectivity index (χ3n) is 3.12. The van der Waals surface area contributed by atoms with Gasteiger partial charge in [0.25, 0.3) is 0 Å². The van der Waals surface area contributed by atoms with Crippen molar-refractivity contribution < 1.29 is 0 Å². The highest BCUT2D eigenvalue weighted by atomic mass is 32.1. The van der Waals surface area contributed by atoms with Gasteiger partial charge in [0.15, 0.2) is 5.96 Å². The molecular weight excluding hydrogens is 306 g/mol. The van der Waals surface area contributed by atoms with Gasteiger partial charge in [-0.2, -0.15) is 5.26 Å². The van der Waals surface area contributed by atoms with Gasteiger partial charge in [0.2, 0.25) is 0 Å². The van der Waals surface area contributed by atoms with Crippen LogP contribution in [0.5, 0.6) is 0 Å². The number of aryl methyl sites for hydroxylation is 1. The maximum atomic E-state index is 8.93. The lowest BCUT2D eigenvalue weighted by molar-refractivity contribution is 0.796. The third kappa shape index (κ3) is 5.72. The second-order valence-electron chi connectivity index (χ2n) is 5.05. The van der Waals surface area contributed by atoms with Crippen molar-refractivity contribution in [3.05, 3.63) is 51.5 Å². The number of nitriles is 1. The molecule has 0 unspecified atom stereocenters. The summed E-state index contributed by atoms with van der Waals surface area (Å²) >= 11 is 1.73. The predicted octanol–water partition coefficient (Wildman–Crippen LogP) is 2.62. The highest BCUT2D eigenvalue weighted by Gasteiger charge is 2.01. The summed E-state index contributed by atoms with van der Waals surface area (Å²) in [7, 11) is 0. The molecule has 0 amide bonds. The highest BCUT2D eigenvalue weighted by Crippen LogP contribution is 2.11. The lowest BCUT2D eigenvalue weighted by atomic mass is 10.1. The van der Waals surface area contributed by atoms with Crippen molar-refractivity contribution in [3.63, 3.8) is 0 Å². The van der Waals surface area contributed by atoms with Crippen LogP contribution in [0.1, 0.15) is 27.9 Å². The van der Waals surface area contributed by atoms with Gasteiger partial charge >= 0.3 is 0 Å². The van der Waals surface area contributed by atoms with Crippen LogP contribution >= 0.6 is 11.3 Å². The number of hydrogen-bond donors (Lipinski definition) is 2. The van der Waals surface area contributed by atoms with E-state index in [1.807, 2.05) is 31.3 Å². The minimum absolute atomic E-state index is 0.543. The number of aromatic nitrogens is 1. The zero-order valence-corrected chi connectivity index (χ0v) is 14.3. The number of guanidine groups is 1. The molecule has 0 aliphatic rings. The molecular formula is C17H21N5S. The monoisotopic (exact) mass is 327 g/mol. The normalized spacial score (nSPS) is 11.1. The van der Waals surface area contributed by atoms with E-state index in [4.69, 9.17) is 5.26 Å². The fraction of sp³-hybridized carbons (Fsp3) is 0.353. The topological polar surface area (TPSA) is 73.1 Å². The van der Waals surface area contributed by atoms with Gasteiger partial charge in [-0.1, -0.05) is 12.1 Å². The lowest BCUT2D eigenvalue weighted by Gasteiger charge is -2.10. The minimum Gasteiger partial charge on any atom is -0.357 e. The van der Waals surface area contributed by atoms with Gasteiger partial charge in [-0.25, -0.2) is 9.98 Å². The van der Waals surface area contributed by atoms with Crippen LogP contribution in [0.3, 0.4) is 0 Å². The van der Waals surface area contributed by atoms with E-state index in [9.17, 15) is 0 Å². The number of aliphatic imine (C=N–C) groups is 1. The van der Waals surface area contributed by atoms with Gasteiger partial charge in [0.1, 0.15) is 0 Å². The van der Waals surface area contributed by atoms with E-state index >= 15 is 0 Å². The van der Waals surface area contributed by atoms with Crippen molar-refractivity contribution in [2.75, 3.05) is 13.1 Å². The second kappa shape index (κ2) is 8.91. The molecule has 2 rings (SSSR count). The first-order chi connectivity index (χ1) is 11.2. The van der Waals surface area contributed by atoms with E-state index in [2.05, 4.69) is 33.6 Å². The molecule has 1 aromatic carbocycles. The third-order valence-corrected chi connectivity index (χ3v) is 4.09. The van der Waals surface area contributed by atoms with Crippen LogP contribution in [0.2, 0.25) is 0 Å². The Labute approximate surface area is 141 Å². The van der Waals surface area contributed by atoms with Crippen LogP contribution < -0.4 is 10.6 Å². The van der Waals surface area contributed by atoms with Crippen LogP contribution in [0.4, 0.5) is 0 Å². The SMILES string of the molecule is CCNC(=NCc1cccc(C#N)c1)NCCc1ncc(C)s1. The molecule has 1 heterocycles. The van der Waals surface area contributed by atoms with Gasteiger partial charge in [0.05, 0.1) is 23.2 Å². The van der Waals surface area contributed by atoms with Crippen LogP contribution in [-0.4, -0.2) is 24.0 Å². The summed E-state index contributed by atoms with van der Waals surface area (Å²) in [6.07, 6.45) is 2.79. The molecule has 0 bridgehead atoms. The van der Waals surface area contributed by atoms with Crippen molar-refractivity contribution in [1.29, 1.82) is 5.26 Å². The quantitative estimate of drug-likeness (QED) is 0.632. The average molecular weight is 327 g/mol. The number of rotatable bonds is 6. The predicted molar refractivity (Wildman–Crippen MR) is 94.5 cm³/mol. The Kier molecular flexibility index (Phi) is 6.57. The van der Waals surface area contributed by atoms with Crippen molar-refractivity contribution in [2.24, 2.45) is 4.99 Å². The largest absolute Gasteiger partial charge is 0.357 e. The standard InChI is InChI=1S/C17H21N5S/c1-3-19-17(20-8-7-16-21-11-13(2)23-16)22-12-15-6-4-5-14(9-15)10-18/h4-6,9,11H,3,7-8,12H2,1-2H3,(H2,19,20,22). The van der Waals surface area contributed by atoms with Gasteiger partial charge in [-0.3, -0.25) is 0 Å². The van der Waals surface area contributed by atoms with Crippen LogP contribution in [0.15, 0.2) is 35.5 Å². The number of nitrogens with zero attached hydrogens (tertiary/aromatic N) is 3. The van der Waals surface area contributed by atoms with Crippen molar-refractivity contribution in [2.45, 2.75) is 26.8 Å². The summed E-state index contributed by atoms with van der Waals surface area (Å²) in [5.41, 5.74) is 1.69. The molecule has 0 spiro atoms. The molecule has 2 N–H and O–H groups in total. The summed E-state index contributed by atoms with van der Waals surface area (Å²) in [5, 5.41) is 16.6. The highest BCUT2D eigenvalue weighted by molar-refractivity contribution is 7.11. The molecule has 120 valence electrons. The maximum absolute atomic E-state index is 8.93. The minimum atomic E-state index is 0.543. The maximum Gasteiger partial charge on any atom is 0.191 e. The first kappa shape index (κ1) is 17.0. The Bertz CT molecular complexity index is 699. The van der Waals surface area contributed by atoms with E-state index in [-0.39, 0.29) is 0 Å². The summed E-state index contributed by atoms with van der Waals surface area (Å²) < 4.78 is 0. The fourth-order valence-corrected chi connectivity index (χ4v) is 2.84. The van der Waals surface area contributed by atoms with E-state index in [0.717, 1.165) is 36.0 Å². The van der Waals surface area contributed by atoms with Crippen LogP contribution in [-0.2, 0) is 13.0 Å². The summed E-state index contributed by atoms with van der Waals surface area (Å²) in [4.78, 5) is 10.2. The molecule has 6 heteroatoms. The molecule has 1 aromatic heterocycles. The van der Waals surface area contributed by atoms with Crippen molar-refractivity contribution in [3.8, 4) is 6.07 Å². The smallest absolute Gasteiger partial charge is 0.191 e. The lowest BCUT2D eigenvalue weighted by Crippen LogP contribution is -2.38. The van der Waals surface area contributed by atoms with E-state index in [0.29, 0.717) is 12.1 Å². The Morgan fingerprint density at radius 2 is 2.26 bits per heavy atom. The van der Waals surface area contributed by atoms with Crippen LogP contribution in [0, 0.1) is 18.3 Å². The first-order valence-electron chi connectivity index (χ1n) is 7.63. The van der Waals surface area contributed by atoms with Gasteiger partial charge in [0, 0.05) is 30.6 Å². The molecule has 0 atom stereocenters. The molecule has 0 aliphatic carbocycles. The number of hydrogen-bond acceptors (Lipinski definition) is 4. The fourth-order valence-electron chi connectivity index (χ4n) is 2.06. The Balaban J connectivity index is 1.90. The van der Waals surface area contributed by atoms with Gasteiger partial charge < -0.3 is 10.6 Å². The average Bonchev–Trinajstić information content (AvgIpc) is 2.98. The zero-order valence-electron chi connectivity index (χ0n) is 13.5. The molecule has 0 saturated carbocycles. The van der Waals surface area contributed by atoms with Crippen molar-refractivity contribution >= 4 is 17.3 Å². The summed E-state index contributed by atoms with van der Waals surface area (Å²) in [6.45, 7) is 6.24. The number of benzene rings is 1. The summed E-state index contributed by atoms with van der Waals surface area (Å²) in [5.74, 6) is 0.781. The molecule has 0 aliphatic heterocycles. The molecule has 0 fully saturated rings. The van der Waals surface area contributed by atoms with E-state index in [1.54, 1.807) is 17.4 Å². The number of thiazole rings is 1. The Morgan fingerprint density at radius 3 is 2.96 bits per heavy atom. The van der Waals surface area contributed by atoms with E-state index < -0.39 is 0 Å². The van der Waals surface area contributed by atoms with Crippen molar-refractivity contribution in [1.82, 2.24) is 15.6 Å². The van der Waals surface area contributed by atoms with Crippen LogP contribution in [0.25, 0.3) is 0 Å². The molecule has 0 radical (unpaired) electrons. The molecule has 2 aromatic rings. The van der Waals surface area contributed by atoms with E-state index in [1.165, 1.54) is 4.88 Å². The molecule has 5 nitrogen and oxygen atoms in total. The first-order valence-corrected chi connectivity index (χ1v) is 8.45. The molecule has 0 saturated heterocycles. The second-order valence-corrected chi connectivity index (χ2v) is 6.37. The summed E-state index contributed by atoms with van der Waals surface area (Å²) in [6, 6.07) is 9.68. The zero-order chi connectivity index (χ0) is 16.5. The Hall–Kier alpha value is -2.39. The Morgan fingerprint density at radius 1 is 1.39 bits per heavy atom. The van der Waals surface area contributed by atoms with Gasteiger partial charge in [-0.15, -0.1) is 11.3 Å².